The summed E-state index contributed by atoms with van der Waals surface area (Å²) in [5, 5.41) is 4.23. The Morgan fingerprint density at radius 3 is 2.53 bits per heavy atom. The lowest BCUT2D eigenvalue weighted by Gasteiger charge is -2.04. The Balaban J connectivity index is 0.00000196. The van der Waals surface area contributed by atoms with Crippen LogP contribution in [0.3, 0.4) is 0 Å². The molecule has 0 aliphatic heterocycles. The van der Waals surface area contributed by atoms with Crippen molar-refractivity contribution >= 4 is 40.9 Å². The number of aliphatic imine (C=N–C) groups is 1. The molecule has 0 unspecified atom stereocenters. The summed E-state index contributed by atoms with van der Waals surface area (Å²) in [6.45, 7) is 3.76. The zero-order chi connectivity index (χ0) is 10.2. The predicted octanol–water partition coefficient (Wildman–Crippen LogP) is 3.13. The van der Waals surface area contributed by atoms with Crippen molar-refractivity contribution in [3.8, 4) is 0 Å². The lowest BCUT2D eigenvalue weighted by molar-refractivity contribution is 0.955. The van der Waals surface area contributed by atoms with Gasteiger partial charge in [-0.3, -0.25) is 4.99 Å². The van der Waals surface area contributed by atoms with Crippen LogP contribution in [0.5, 0.6) is 0 Å². The minimum Gasteiger partial charge on any atom is -0.365 e. The zero-order valence-electron chi connectivity index (χ0n) is 9.06. The average molecular weight is 336 g/mol. The first-order chi connectivity index (χ1) is 6.86. The van der Waals surface area contributed by atoms with E-state index in [0.717, 1.165) is 18.3 Å². The van der Waals surface area contributed by atoms with E-state index in [4.69, 9.17) is 0 Å². The Labute approximate surface area is 113 Å². The van der Waals surface area contributed by atoms with Gasteiger partial charge in [0.15, 0.2) is 5.17 Å². The summed E-state index contributed by atoms with van der Waals surface area (Å²) in [4.78, 5) is 4.47. The maximum atomic E-state index is 4.47. The fourth-order valence-corrected chi connectivity index (χ4v) is 1.57. The van der Waals surface area contributed by atoms with Gasteiger partial charge in [0.05, 0.1) is 6.54 Å². The minimum atomic E-state index is 0. The number of thioether (sulfide) groups is 1. The second-order valence-corrected chi connectivity index (χ2v) is 3.64. The highest BCUT2D eigenvalue weighted by Gasteiger charge is 1.93. The Kier molecular flexibility index (Phi) is 8.89. The molecule has 0 heterocycles. The highest BCUT2D eigenvalue weighted by atomic mass is 127. The molecule has 0 aliphatic carbocycles. The van der Waals surface area contributed by atoms with Crippen molar-refractivity contribution in [3.05, 3.63) is 35.9 Å². The summed E-state index contributed by atoms with van der Waals surface area (Å²) in [7, 11) is 0. The Hall–Kier alpha value is -0.230. The van der Waals surface area contributed by atoms with Gasteiger partial charge in [-0.05, 0) is 18.7 Å². The number of hydrogen-bond acceptors (Lipinski definition) is 2. The summed E-state index contributed by atoms with van der Waals surface area (Å²) < 4.78 is 0. The Morgan fingerprint density at radius 2 is 2.00 bits per heavy atom. The molecule has 0 amide bonds. The third-order valence-corrected chi connectivity index (χ3v) is 2.43. The van der Waals surface area contributed by atoms with E-state index in [-0.39, 0.29) is 24.0 Å². The van der Waals surface area contributed by atoms with Gasteiger partial charge < -0.3 is 5.32 Å². The van der Waals surface area contributed by atoms with Gasteiger partial charge >= 0.3 is 0 Å². The zero-order valence-corrected chi connectivity index (χ0v) is 12.2. The molecular formula is C11H17IN2S. The van der Waals surface area contributed by atoms with Crippen LogP contribution in [0.4, 0.5) is 0 Å². The van der Waals surface area contributed by atoms with E-state index < -0.39 is 0 Å². The van der Waals surface area contributed by atoms with Crippen LogP contribution in [0.15, 0.2) is 35.3 Å². The van der Waals surface area contributed by atoms with Crippen LogP contribution in [0, 0.1) is 0 Å². The number of benzene rings is 1. The highest BCUT2D eigenvalue weighted by molar-refractivity contribution is 14.0. The molecule has 0 aliphatic rings. The van der Waals surface area contributed by atoms with Crippen LogP contribution in [-0.2, 0) is 6.54 Å². The van der Waals surface area contributed by atoms with Crippen molar-refractivity contribution < 1.29 is 0 Å². The van der Waals surface area contributed by atoms with Crippen molar-refractivity contribution in [1.82, 2.24) is 5.32 Å². The van der Waals surface area contributed by atoms with Gasteiger partial charge in [0.2, 0.25) is 0 Å². The third-order valence-electron chi connectivity index (χ3n) is 1.77. The number of nitrogens with zero attached hydrogens (tertiary/aromatic N) is 1. The molecule has 0 saturated heterocycles. The molecule has 0 spiro atoms. The van der Waals surface area contributed by atoms with Crippen molar-refractivity contribution in [2.24, 2.45) is 4.99 Å². The van der Waals surface area contributed by atoms with Crippen molar-refractivity contribution in [3.63, 3.8) is 0 Å². The molecule has 0 aromatic heterocycles. The number of amidine groups is 1. The van der Waals surface area contributed by atoms with E-state index in [2.05, 4.69) is 29.4 Å². The van der Waals surface area contributed by atoms with E-state index in [1.807, 2.05) is 24.5 Å². The van der Waals surface area contributed by atoms with Gasteiger partial charge in [-0.2, -0.15) is 0 Å². The molecule has 0 atom stereocenters. The summed E-state index contributed by atoms with van der Waals surface area (Å²) in [6, 6.07) is 10.3. The van der Waals surface area contributed by atoms with Gasteiger partial charge in [-0.15, -0.1) is 24.0 Å². The van der Waals surface area contributed by atoms with Crippen LogP contribution in [-0.4, -0.2) is 18.0 Å². The lowest BCUT2D eigenvalue weighted by Crippen LogP contribution is -2.19. The second-order valence-electron chi connectivity index (χ2n) is 2.84. The molecule has 84 valence electrons. The summed E-state index contributed by atoms with van der Waals surface area (Å²) >= 11 is 1.65. The highest BCUT2D eigenvalue weighted by Crippen LogP contribution is 2.02. The third kappa shape index (κ3) is 6.04. The molecule has 0 saturated carbocycles. The molecule has 0 fully saturated rings. The fraction of sp³-hybridized carbons (Fsp3) is 0.364. The van der Waals surface area contributed by atoms with Crippen LogP contribution in [0.25, 0.3) is 0 Å². The van der Waals surface area contributed by atoms with Crippen LogP contribution >= 0.6 is 35.7 Å². The van der Waals surface area contributed by atoms with Gasteiger partial charge in [-0.25, -0.2) is 0 Å². The molecule has 1 rings (SSSR count). The summed E-state index contributed by atoms with van der Waals surface area (Å²) in [5.74, 6) is 0. The number of halogens is 1. The van der Waals surface area contributed by atoms with Crippen molar-refractivity contribution in [2.45, 2.75) is 13.5 Å². The standard InChI is InChI=1S/C11H16N2S.HI/c1-3-12-11(14-2)13-9-10-7-5-4-6-8-10;/h4-8H,3,9H2,1-2H3,(H,12,13);1H. The lowest BCUT2D eigenvalue weighted by atomic mass is 10.2. The van der Waals surface area contributed by atoms with Crippen LogP contribution in [0.1, 0.15) is 12.5 Å². The normalized spacial score (nSPS) is 10.7. The average Bonchev–Trinajstić information content (AvgIpc) is 2.25. The second kappa shape index (κ2) is 9.03. The molecule has 1 N–H and O–H groups in total. The molecule has 1 aromatic carbocycles. The molecule has 2 nitrogen and oxygen atoms in total. The smallest absolute Gasteiger partial charge is 0.156 e. The summed E-state index contributed by atoms with van der Waals surface area (Å²) in [5.41, 5.74) is 1.25. The van der Waals surface area contributed by atoms with Gasteiger partial charge in [0, 0.05) is 6.54 Å². The molecule has 15 heavy (non-hydrogen) atoms. The fourth-order valence-electron chi connectivity index (χ4n) is 1.09. The van der Waals surface area contributed by atoms with E-state index in [0.29, 0.717) is 0 Å². The number of hydrogen-bond donors (Lipinski definition) is 1. The maximum absolute atomic E-state index is 4.47. The first kappa shape index (κ1) is 14.8. The Bertz CT molecular complexity index is 288. The SMILES string of the molecule is CCNC(=NCc1ccccc1)SC.I. The number of rotatable bonds is 3. The first-order valence-electron chi connectivity index (χ1n) is 4.73. The molecule has 4 heteroatoms. The van der Waals surface area contributed by atoms with Crippen LogP contribution < -0.4 is 5.32 Å². The van der Waals surface area contributed by atoms with Crippen molar-refractivity contribution in [1.29, 1.82) is 0 Å². The monoisotopic (exact) mass is 336 g/mol. The molecule has 0 radical (unpaired) electrons. The molecular weight excluding hydrogens is 319 g/mol. The first-order valence-corrected chi connectivity index (χ1v) is 5.95. The van der Waals surface area contributed by atoms with Gasteiger partial charge in [-0.1, -0.05) is 42.1 Å². The number of nitrogens with one attached hydrogen (secondary N) is 1. The topological polar surface area (TPSA) is 24.4 Å². The van der Waals surface area contributed by atoms with E-state index in [9.17, 15) is 0 Å². The minimum absolute atomic E-state index is 0. The van der Waals surface area contributed by atoms with E-state index >= 15 is 0 Å². The van der Waals surface area contributed by atoms with Gasteiger partial charge in [0.1, 0.15) is 0 Å². The van der Waals surface area contributed by atoms with Gasteiger partial charge in [0.25, 0.3) is 0 Å². The van der Waals surface area contributed by atoms with Crippen molar-refractivity contribution in [2.75, 3.05) is 12.8 Å². The van der Waals surface area contributed by atoms with E-state index in [1.165, 1.54) is 5.56 Å². The predicted molar refractivity (Wildman–Crippen MR) is 80.2 cm³/mol. The summed E-state index contributed by atoms with van der Waals surface area (Å²) in [6.07, 6.45) is 2.03. The van der Waals surface area contributed by atoms with E-state index in [1.54, 1.807) is 11.8 Å². The molecule has 1 aromatic rings. The maximum Gasteiger partial charge on any atom is 0.156 e. The Morgan fingerprint density at radius 1 is 1.33 bits per heavy atom. The van der Waals surface area contributed by atoms with Crippen LogP contribution in [0.2, 0.25) is 0 Å². The molecule has 0 bridgehead atoms. The largest absolute Gasteiger partial charge is 0.365 e. The quantitative estimate of drug-likeness (QED) is 0.521.